The molecule has 5 heteroatoms. The van der Waals surface area contributed by atoms with Crippen LogP contribution < -0.4 is 5.32 Å². The molecule has 0 radical (unpaired) electrons. The van der Waals surface area contributed by atoms with Crippen LogP contribution in [-0.4, -0.2) is 16.1 Å². The lowest BCUT2D eigenvalue weighted by Gasteiger charge is -2.19. The van der Waals surface area contributed by atoms with Gasteiger partial charge in [0, 0.05) is 5.69 Å². The van der Waals surface area contributed by atoms with Crippen LogP contribution in [0.1, 0.15) is 33.6 Å². The molecule has 0 aliphatic heterocycles. The van der Waals surface area contributed by atoms with Crippen molar-refractivity contribution >= 4 is 28.1 Å². The summed E-state index contributed by atoms with van der Waals surface area (Å²) < 4.78 is 0. The van der Waals surface area contributed by atoms with Crippen LogP contribution in [0.15, 0.2) is 24.4 Å². The Hall–Kier alpha value is -1.88. The number of nitrogens with one attached hydrogen (secondary N) is 1. The highest BCUT2D eigenvalue weighted by Crippen LogP contribution is 2.31. The Balaban J connectivity index is 1.88. The Labute approximate surface area is 115 Å². The minimum atomic E-state index is -0.930. The standard InChI is InChI=1S/C14H14N2O2S/c17-13(18)12-8-15-14(19-12)16-11-7-3-5-9-4-1-2-6-10(9)11/h3,5,7-8H,1-2,4,6H2,(H,15,16)(H,17,18). The second kappa shape index (κ2) is 5.01. The number of anilines is 2. The Morgan fingerprint density at radius 2 is 2.16 bits per heavy atom. The van der Waals surface area contributed by atoms with Crippen molar-refractivity contribution in [3.05, 3.63) is 40.4 Å². The van der Waals surface area contributed by atoms with Gasteiger partial charge in [-0.15, -0.1) is 0 Å². The third-order valence-corrected chi connectivity index (χ3v) is 4.25. The number of hydrogen-bond acceptors (Lipinski definition) is 4. The van der Waals surface area contributed by atoms with Crippen molar-refractivity contribution in [1.82, 2.24) is 4.98 Å². The molecule has 1 aromatic heterocycles. The van der Waals surface area contributed by atoms with Gasteiger partial charge in [-0.25, -0.2) is 9.78 Å². The van der Waals surface area contributed by atoms with Gasteiger partial charge in [0.2, 0.25) is 0 Å². The van der Waals surface area contributed by atoms with Gasteiger partial charge in [0.15, 0.2) is 5.13 Å². The predicted octanol–water partition coefficient (Wildman–Crippen LogP) is 3.46. The molecule has 0 unspecified atom stereocenters. The Morgan fingerprint density at radius 3 is 2.95 bits per heavy atom. The molecule has 1 aromatic carbocycles. The van der Waals surface area contributed by atoms with E-state index in [1.165, 1.54) is 30.2 Å². The molecule has 0 atom stereocenters. The van der Waals surface area contributed by atoms with E-state index in [1.54, 1.807) is 0 Å². The maximum absolute atomic E-state index is 10.8. The summed E-state index contributed by atoms with van der Waals surface area (Å²) >= 11 is 1.16. The van der Waals surface area contributed by atoms with Crippen LogP contribution in [0.25, 0.3) is 0 Å². The lowest BCUT2D eigenvalue weighted by molar-refractivity contribution is 0.0702. The number of aromatic carboxylic acids is 1. The Morgan fingerprint density at radius 1 is 1.32 bits per heavy atom. The van der Waals surface area contributed by atoms with Crippen LogP contribution in [0.3, 0.4) is 0 Å². The fraction of sp³-hybridized carbons (Fsp3) is 0.286. The maximum Gasteiger partial charge on any atom is 0.347 e. The highest BCUT2D eigenvalue weighted by molar-refractivity contribution is 7.17. The number of aryl methyl sites for hydroxylation is 1. The van der Waals surface area contributed by atoms with Crippen molar-refractivity contribution in [2.45, 2.75) is 25.7 Å². The number of fused-ring (bicyclic) bond motifs is 1. The molecule has 98 valence electrons. The zero-order chi connectivity index (χ0) is 13.2. The maximum atomic E-state index is 10.8. The van der Waals surface area contributed by atoms with Crippen molar-refractivity contribution in [1.29, 1.82) is 0 Å². The van der Waals surface area contributed by atoms with Crippen LogP contribution in [0.5, 0.6) is 0 Å². The van der Waals surface area contributed by atoms with E-state index in [0.29, 0.717) is 5.13 Å². The Kier molecular flexibility index (Phi) is 3.21. The lowest BCUT2D eigenvalue weighted by Crippen LogP contribution is -2.05. The highest BCUT2D eigenvalue weighted by Gasteiger charge is 2.14. The van der Waals surface area contributed by atoms with Crippen molar-refractivity contribution in [2.75, 3.05) is 5.32 Å². The van der Waals surface area contributed by atoms with Gasteiger partial charge in [-0.3, -0.25) is 0 Å². The van der Waals surface area contributed by atoms with E-state index in [1.807, 2.05) is 12.1 Å². The van der Waals surface area contributed by atoms with Gasteiger partial charge >= 0.3 is 5.97 Å². The van der Waals surface area contributed by atoms with Crippen molar-refractivity contribution in [3.63, 3.8) is 0 Å². The van der Waals surface area contributed by atoms with Crippen LogP contribution in [0.4, 0.5) is 10.8 Å². The first-order valence-electron chi connectivity index (χ1n) is 6.31. The zero-order valence-electron chi connectivity index (χ0n) is 10.3. The van der Waals surface area contributed by atoms with Crippen LogP contribution in [-0.2, 0) is 12.8 Å². The Bertz CT molecular complexity index is 622. The molecule has 0 spiro atoms. The van der Waals surface area contributed by atoms with Gasteiger partial charge < -0.3 is 10.4 Å². The van der Waals surface area contributed by atoms with Gasteiger partial charge in [-0.2, -0.15) is 0 Å². The summed E-state index contributed by atoms with van der Waals surface area (Å²) in [5, 5.41) is 12.8. The summed E-state index contributed by atoms with van der Waals surface area (Å²) in [5.41, 5.74) is 3.80. The molecule has 1 heterocycles. The first-order valence-corrected chi connectivity index (χ1v) is 7.12. The number of carbonyl (C=O) groups is 1. The fourth-order valence-electron chi connectivity index (χ4n) is 2.44. The third-order valence-electron chi connectivity index (χ3n) is 3.35. The monoisotopic (exact) mass is 274 g/mol. The van der Waals surface area contributed by atoms with Crippen LogP contribution >= 0.6 is 11.3 Å². The highest BCUT2D eigenvalue weighted by atomic mass is 32.1. The average molecular weight is 274 g/mol. The van der Waals surface area contributed by atoms with E-state index in [2.05, 4.69) is 16.4 Å². The molecular formula is C14H14N2O2S. The van der Waals surface area contributed by atoms with E-state index < -0.39 is 5.97 Å². The van der Waals surface area contributed by atoms with E-state index in [4.69, 9.17) is 5.11 Å². The molecule has 4 nitrogen and oxygen atoms in total. The number of rotatable bonds is 3. The number of aromatic nitrogens is 1. The van der Waals surface area contributed by atoms with Crippen molar-refractivity contribution < 1.29 is 9.90 Å². The summed E-state index contributed by atoms with van der Waals surface area (Å²) in [4.78, 5) is 15.2. The van der Waals surface area contributed by atoms with Crippen molar-refractivity contribution in [3.8, 4) is 0 Å². The number of nitrogens with zero attached hydrogens (tertiary/aromatic N) is 1. The number of hydrogen-bond donors (Lipinski definition) is 2. The third kappa shape index (κ3) is 2.46. The van der Waals surface area contributed by atoms with E-state index in [0.717, 1.165) is 29.9 Å². The molecule has 0 saturated heterocycles. The summed E-state index contributed by atoms with van der Waals surface area (Å²) in [7, 11) is 0. The average Bonchev–Trinajstić information content (AvgIpc) is 2.88. The molecule has 1 aliphatic rings. The molecule has 3 rings (SSSR count). The van der Waals surface area contributed by atoms with E-state index in [-0.39, 0.29) is 4.88 Å². The summed E-state index contributed by atoms with van der Waals surface area (Å²) in [6, 6.07) is 6.24. The van der Waals surface area contributed by atoms with Gasteiger partial charge in [0.05, 0.1) is 6.20 Å². The summed E-state index contributed by atoms with van der Waals surface area (Å²) in [5.74, 6) is -0.930. The van der Waals surface area contributed by atoms with Gasteiger partial charge in [0.1, 0.15) is 4.88 Å². The first kappa shape index (κ1) is 12.2. The molecule has 19 heavy (non-hydrogen) atoms. The number of benzene rings is 1. The number of carboxylic acids is 1. The molecular weight excluding hydrogens is 260 g/mol. The molecule has 0 saturated carbocycles. The van der Waals surface area contributed by atoms with Crippen molar-refractivity contribution in [2.24, 2.45) is 0 Å². The van der Waals surface area contributed by atoms with Crippen LogP contribution in [0, 0.1) is 0 Å². The number of carboxylic acid groups (broad SMARTS) is 1. The quantitative estimate of drug-likeness (QED) is 0.899. The lowest BCUT2D eigenvalue weighted by atomic mass is 9.90. The normalized spacial score (nSPS) is 13.9. The number of thiazole rings is 1. The molecule has 0 fully saturated rings. The van der Waals surface area contributed by atoms with E-state index in [9.17, 15) is 4.79 Å². The SMILES string of the molecule is O=C(O)c1cnc(Nc2cccc3c2CCCC3)s1. The van der Waals surface area contributed by atoms with Crippen LogP contribution in [0.2, 0.25) is 0 Å². The smallest absolute Gasteiger partial charge is 0.347 e. The minimum absolute atomic E-state index is 0.257. The largest absolute Gasteiger partial charge is 0.477 e. The second-order valence-electron chi connectivity index (χ2n) is 4.61. The molecule has 2 aromatic rings. The molecule has 0 bridgehead atoms. The molecule has 0 amide bonds. The topological polar surface area (TPSA) is 62.2 Å². The second-order valence-corrected chi connectivity index (χ2v) is 5.64. The predicted molar refractivity (Wildman–Crippen MR) is 75.4 cm³/mol. The van der Waals surface area contributed by atoms with Gasteiger partial charge in [-0.05, 0) is 42.9 Å². The fourth-order valence-corrected chi connectivity index (χ4v) is 3.11. The molecule has 2 N–H and O–H groups in total. The summed E-state index contributed by atoms with van der Waals surface area (Å²) in [6.45, 7) is 0. The zero-order valence-corrected chi connectivity index (χ0v) is 11.2. The summed E-state index contributed by atoms with van der Waals surface area (Å²) in [6.07, 6.45) is 6.06. The minimum Gasteiger partial charge on any atom is -0.477 e. The van der Waals surface area contributed by atoms with Gasteiger partial charge in [-0.1, -0.05) is 23.5 Å². The van der Waals surface area contributed by atoms with E-state index >= 15 is 0 Å². The molecule has 1 aliphatic carbocycles. The van der Waals surface area contributed by atoms with Gasteiger partial charge in [0.25, 0.3) is 0 Å². The first-order chi connectivity index (χ1) is 9.24.